The van der Waals surface area contributed by atoms with Crippen molar-refractivity contribution in [3.8, 4) is 0 Å². The summed E-state index contributed by atoms with van der Waals surface area (Å²) in [6, 6.07) is 12.7. The molecule has 2 aromatic rings. The molecule has 20 heavy (non-hydrogen) atoms. The molecule has 1 N–H and O–H groups in total. The minimum absolute atomic E-state index is 0.394. The first kappa shape index (κ1) is 14.8. The average molecular weight is 284 g/mol. The molecule has 2 atom stereocenters. The number of rotatable bonds is 4. The van der Waals surface area contributed by atoms with Gasteiger partial charge in [0.25, 0.3) is 0 Å². The van der Waals surface area contributed by atoms with Gasteiger partial charge >= 0.3 is 6.18 Å². The molecule has 0 heterocycles. The highest BCUT2D eigenvalue weighted by atomic mass is 19.4. The van der Waals surface area contributed by atoms with Crippen LogP contribution in [0.3, 0.4) is 0 Å². The van der Waals surface area contributed by atoms with Crippen molar-refractivity contribution in [2.45, 2.75) is 25.3 Å². The second-order valence-corrected chi connectivity index (χ2v) is 4.60. The molecule has 2 rings (SSSR count). The van der Waals surface area contributed by atoms with E-state index >= 15 is 0 Å². The number of halogens is 3. The number of alkyl halides is 3. The Morgan fingerprint density at radius 3 is 2.45 bits per heavy atom. The summed E-state index contributed by atoms with van der Waals surface area (Å²) in [6.45, 7) is 0.532. The number of fused-ring (bicyclic) bond motifs is 1. The van der Waals surface area contributed by atoms with E-state index in [1.54, 1.807) is 12.1 Å². The number of benzene rings is 2. The summed E-state index contributed by atoms with van der Waals surface area (Å²) in [6.07, 6.45) is -7.41. The van der Waals surface area contributed by atoms with Crippen LogP contribution < -0.4 is 0 Å². The molecule has 0 amide bonds. The molecule has 2 unspecified atom stereocenters. The van der Waals surface area contributed by atoms with Crippen molar-refractivity contribution in [2.75, 3.05) is 6.61 Å². The van der Waals surface area contributed by atoms with E-state index in [0.29, 0.717) is 5.56 Å². The van der Waals surface area contributed by atoms with E-state index in [1.807, 2.05) is 30.3 Å². The molecule has 0 aliphatic heterocycles. The SMILES string of the molecule is CC(OCC(O)c1cccc2ccccc12)C(F)(F)F. The quantitative estimate of drug-likeness (QED) is 0.924. The lowest BCUT2D eigenvalue weighted by Gasteiger charge is -2.19. The Balaban J connectivity index is 2.14. The maximum absolute atomic E-state index is 12.3. The number of aliphatic hydroxyl groups is 1. The van der Waals surface area contributed by atoms with Crippen molar-refractivity contribution in [3.05, 3.63) is 48.0 Å². The Morgan fingerprint density at radius 2 is 1.75 bits per heavy atom. The van der Waals surface area contributed by atoms with Gasteiger partial charge in [-0.15, -0.1) is 0 Å². The normalized spacial score (nSPS) is 15.2. The van der Waals surface area contributed by atoms with Crippen molar-refractivity contribution >= 4 is 10.8 Å². The molecular weight excluding hydrogens is 269 g/mol. The molecule has 0 spiro atoms. The Labute approximate surface area is 114 Å². The van der Waals surface area contributed by atoms with Crippen molar-refractivity contribution < 1.29 is 23.0 Å². The highest BCUT2D eigenvalue weighted by molar-refractivity contribution is 5.85. The third-order valence-corrected chi connectivity index (χ3v) is 3.15. The summed E-state index contributed by atoms with van der Waals surface area (Å²) < 4.78 is 41.7. The molecule has 0 bridgehead atoms. The van der Waals surface area contributed by atoms with Crippen LogP contribution in [0.5, 0.6) is 0 Å². The van der Waals surface area contributed by atoms with E-state index in [9.17, 15) is 18.3 Å². The van der Waals surface area contributed by atoms with Gasteiger partial charge in [0.15, 0.2) is 6.10 Å². The predicted octanol–water partition coefficient (Wildman–Crippen LogP) is 3.84. The molecule has 0 fully saturated rings. The third-order valence-electron chi connectivity index (χ3n) is 3.15. The zero-order chi connectivity index (χ0) is 14.8. The summed E-state index contributed by atoms with van der Waals surface area (Å²) in [5.74, 6) is 0. The van der Waals surface area contributed by atoms with Crippen LogP contribution in [0, 0.1) is 0 Å². The van der Waals surface area contributed by atoms with E-state index in [1.165, 1.54) is 0 Å². The summed E-state index contributed by atoms with van der Waals surface area (Å²) in [7, 11) is 0. The molecule has 108 valence electrons. The Hall–Kier alpha value is -1.59. The Bertz CT molecular complexity index is 575. The first-order valence-electron chi connectivity index (χ1n) is 6.23. The monoisotopic (exact) mass is 284 g/mol. The molecule has 0 saturated carbocycles. The van der Waals surface area contributed by atoms with Crippen molar-refractivity contribution in [2.24, 2.45) is 0 Å². The maximum atomic E-state index is 12.3. The molecular formula is C15H15F3O2. The van der Waals surface area contributed by atoms with Crippen LogP contribution in [0.4, 0.5) is 13.2 Å². The lowest BCUT2D eigenvalue weighted by Crippen LogP contribution is -2.30. The van der Waals surface area contributed by atoms with Gasteiger partial charge in [0.2, 0.25) is 0 Å². The van der Waals surface area contributed by atoms with Gasteiger partial charge in [-0.05, 0) is 23.3 Å². The molecule has 0 aliphatic rings. The Kier molecular flexibility index (Phi) is 4.30. The van der Waals surface area contributed by atoms with Crippen molar-refractivity contribution in [1.29, 1.82) is 0 Å². The van der Waals surface area contributed by atoms with E-state index in [4.69, 9.17) is 4.74 Å². The fourth-order valence-corrected chi connectivity index (χ4v) is 1.96. The van der Waals surface area contributed by atoms with E-state index in [2.05, 4.69) is 0 Å². The molecule has 5 heteroatoms. The Morgan fingerprint density at radius 1 is 1.10 bits per heavy atom. The lowest BCUT2D eigenvalue weighted by atomic mass is 10.0. The van der Waals surface area contributed by atoms with Crippen LogP contribution in [0.25, 0.3) is 10.8 Å². The van der Waals surface area contributed by atoms with E-state index in [0.717, 1.165) is 17.7 Å². The molecule has 0 aliphatic carbocycles. The first-order valence-corrected chi connectivity index (χ1v) is 6.23. The molecule has 0 aromatic heterocycles. The second-order valence-electron chi connectivity index (χ2n) is 4.60. The zero-order valence-corrected chi connectivity index (χ0v) is 10.9. The van der Waals surface area contributed by atoms with Crippen molar-refractivity contribution in [3.63, 3.8) is 0 Å². The average Bonchev–Trinajstić information content (AvgIpc) is 2.42. The predicted molar refractivity (Wildman–Crippen MR) is 70.4 cm³/mol. The number of hydrogen-bond donors (Lipinski definition) is 1. The summed E-state index contributed by atoms with van der Waals surface area (Å²) in [5.41, 5.74) is 0.567. The fraction of sp³-hybridized carbons (Fsp3) is 0.333. The van der Waals surface area contributed by atoms with E-state index < -0.39 is 25.0 Å². The van der Waals surface area contributed by atoms with Gasteiger partial charge in [0.05, 0.1) is 6.61 Å². The molecule has 2 nitrogen and oxygen atoms in total. The van der Waals surface area contributed by atoms with Crippen LogP contribution in [-0.4, -0.2) is 24.0 Å². The summed E-state index contributed by atoms with van der Waals surface area (Å²) in [5, 5.41) is 11.8. The topological polar surface area (TPSA) is 29.5 Å². The fourth-order valence-electron chi connectivity index (χ4n) is 1.96. The van der Waals surface area contributed by atoms with Crippen LogP contribution >= 0.6 is 0 Å². The van der Waals surface area contributed by atoms with Crippen molar-refractivity contribution in [1.82, 2.24) is 0 Å². The van der Waals surface area contributed by atoms with Crippen LogP contribution in [0.1, 0.15) is 18.6 Å². The van der Waals surface area contributed by atoms with Gasteiger partial charge in [0.1, 0.15) is 6.10 Å². The highest BCUT2D eigenvalue weighted by Crippen LogP contribution is 2.27. The van der Waals surface area contributed by atoms with Gasteiger partial charge in [-0.1, -0.05) is 42.5 Å². The number of hydrogen-bond acceptors (Lipinski definition) is 2. The summed E-state index contributed by atoms with van der Waals surface area (Å²) in [4.78, 5) is 0. The molecule has 0 saturated heterocycles. The molecule has 0 radical (unpaired) electrons. The minimum atomic E-state index is -4.42. The number of aliphatic hydroxyl groups excluding tert-OH is 1. The zero-order valence-electron chi connectivity index (χ0n) is 10.9. The largest absolute Gasteiger partial charge is 0.414 e. The van der Waals surface area contributed by atoms with Crippen LogP contribution in [-0.2, 0) is 4.74 Å². The highest BCUT2D eigenvalue weighted by Gasteiger charge is 2.37. The smallest absolute Gasteiger partial charge is 0.386 e. The van der Waals surface area contributed by atoms with Gasteiger partial charge in [-0.3, -0.25) is 0 Å². The van der Waals surface area contributed by atoms with Gasteiger partial charge in [0, 0.05) is 0 Å². The van der Waals surface area contributed by atoms with Crippen LogP contribution in [0.15, 0.2) is 42.5 Å². The molecule has 2 aromatic carbocycles. The second kappa shape index (κ2) is 5.81. The van der Waals surface area contributed by atoms with Gasteiger partial charge in [-0.2, -0.15) is 13.2 Å². The standard InChI is InChI=1S/C15H15F3O2/c1-10(15(16,17)18)20-9-14(19)13-8-4-6-11-5-2-3-7-12(11)13/h2-8,10,14,19H,9H2,1H3. The minimum Gasteiger partial charge on any atom is -0.386 e. The van der Waals surface area contributed by atoms with Gasteiger partial charge in [-0.25, -0.2) is 0 Å². The third kappa shape index (κ3) is 3.29. The first-order chi connectivity index (χ1) is 9.39. The number of ether oxygens (including phenoxy) is 1. The van der Waals surface area contributed by atoms with Crippen LogP contribution in [0.2, 0.25) is 0 Å². The maximum Gasteiger partial charge on any atom is 0.414 e. The van der Waals surface area contributed by atoms with Gasteiger partial charge < -0.3 is 9.84 Å². The van der Waals surface area contributed by atoms with E-state index in [-0.39, 0.29) is 0 Å². The lowest BCUT2D eigenvalue weighted by molar-refractivity contribution is -0.219. The summed E-state index contributed by atoms with van der Waals surface area (Å²) >= 11 is 0.